The van der Waals surface area contributed by atoms with E-state index in [-0.39, 0.29) is 5.78 Å². The van der Waals surface area contributed by atoms with Gasteiger partial charge in [0.05, 0.1) is 0 Å². The molecule has 0 spiro atoms. The number of benzene rings is 4. The van der Waals surface area contributed by atoms with E-state index in [1.165, 1.54) is 0 Å². The predicted octanol–water partition coefficient (Wildman–Crippen LogP) is 4.86. The summed E-state index contributed by atoms with van der Waals surface area (Å²) in [5, 5.41) is 0. The monoisotopic (exact) mass is 410 g/mol. The molecule has 1 aliphatic carbocycles. The first-order chi connectivity index (χ1) is 15.6. The smallest absolute Gasteiger partial charge is 0.194 e. The molecule has 4 N–H and O–H groups in total. The van der Waals surface area contributed by atoms with Crippen LogP contribution in [-0.2, 0) is 0 Å². The average Bonchev–Trinajstić information content (AvgIpc) is 3.09. The fourth-order valence-electron chi connectivity index (χ4n) is 3.66. The van der Waals surface area contributed by atoms with E-state index in [1.54, 1.807) is 0 Å². The lowest BCUT2D eigenvalue weighted by Crippen LogP contribution is -1.96. The Morgan fingerprint density at radius 1 is 0.438 bits per heavy atom. The van der Waals surface area contributed by atoms with Gasteiger partial charge in [0.15, 0.2) is 5.78 Å². The molecule has 150 valence electrons. The highest BCUT2D eigenvalue weighted by Crippen LogP contribution is 2.37. The van der Waals surface area contributed by atoms with Crippen LogP contribution in [0.1, 0.15) is 38.2 Å². The van der Waals surface area contributed by atoms with Crippen LogP contribution in [0, 0.1) is 23.7 Å². The number of rotatable bonds is 0. The van der Waals surface area contributed by atoms with E-state index in [9.17, 15) is 4.79 Å². The molecule has 4 aromatic rings. The molecule has 0 atom stereocenters. The van der Waals surface area contributed by atoms with E-state index in [0.717, 1.165) is 33.4 Å². The highest BCUT2D eigenvalue weighted by Gasteiger charge is 2.26. The number of hydrogen-bond acceptors (Lipinski definition) is 3. The fourth-order valence-corrected chi connectivity index (χ4v) is 3.66. The number of carbonyl (C=O) groups is 1. The van der Waals surface area contributed by atoms with Crippen LogP contribution in [0.4, 0.5) is 11.4 Å². The van der Waals surface area contributed by atoms with E-state index in [4.69, 9.17) is 11.5 Å². The summed E-state index contributed by atoms with van der Waals surface area (Å²) in [4.78, 5) is 13.1. The molecule has 0 saturated heterocycles. The summed E-state index contributed by atoms with van der Waals surface area (Å²) >= 11 is 0. The molecule has 3 heteroatoms. The van der Waals surface area contributed by atoms with Crippen LogP contribution in [0.15, 0.2) is 84.9 Å². The van der Waals surface area contributed by atoms with Gasteiger partial charge in [-0.05, 0) is 83.9 Å². The molecule has 0 saturated carbocycles. The van der Waals surface area contributed by atoms with Crippen LogP contribution in [0.5, 0.6) is 0 Å². The second-order valence-electron chi connectivity index (χ2n) is 7.59. The molecule has 4 aromatic carbocycles. The largest absolute Gasteiger partial charge is 0.399 e. The lowest BCUT2D eigenvalue weighted by Gasteiger charge is -2.00. The van der Waals surface area contributed by atoms with Crippen molar-refractivity contribution >= 4 is 17.2 Å². The number of hydrogen-bond donors (Lipinski definition) is 2. The Labute approximate surface area is 186 Å². The minimum atomic E-state index is 0.00210. The zero-order chi connectivity index (χ0) is 22.1. The average molecular weight is 410 g/mol. The molecule has 5 rings (SSSR count). The number of anilines is 2. The van der Waals surface area contributed by atoms with Crippen LogP contribution in [0.2, 0.25) is 0 Å². The van der Waals surface area contributed by atoms with Crippen molar-refractivity contribution in [2.75, 3.05) is 11.5 Å². The van der Waals surface area contributed by atoms with Gasteiger partial charge in [-0.2, -0.15) is 0 Å². The molecule has 1 aliphatic rings. The van der Waals surface area contributed by atoms with Gasteiger partial charge in [0.25, 0.3) is 0 Å². The van der Waals surface area contributed by atoms with Crippen LogP contribution < -0.4 is 11.5 Å². The van der Waals surface area contributed by atoms with E-state index in [0.29, 0.717) is 22.5 Å². The SMILES string of the molecule is Nc1ccc(C#Cc2ccc3c(c2)C(=O)c2cc(C#Cc4ccc(N)cc4)ccc2-3)cc1. The van der Waals surface area contributed by atoms with E-state index in [2.05, 4.69) is 23.7 Å². The van der Waals surface area contributed by atoms with Crippen LogP contribution in [0.25, 0.3) is 11.1 Å². The van der Waals surface area contributed by atoms with Gasteiger partial charge < -0.3 is 11.5 Å². The topological polar surface area (TPSA) is 69.1 Å². The number of carbonyl (C=O) groups excluding carboxylic acids is 1. The molecule has 32 heavy (non-hydrogen) atoms. The van der Waals surface area contributed by atoms with Gasteiger partial charge in [-0.3, -0.25) is 4.79 Å². The molecule has 0 heterocycles. The van der Waals surface area contributed by atoms with Gasteiger partial charge in [-0.25, -0.2) is 0 Å². The van der Waals surface area contributed by atoms with Gasteiger partial charge in [-0.15, -0.1) is 0 Å². The summed E-state index contributed by atoms with van der Waals surface area (Å²) in [6.07, 6.45) is 0. The highest BCUT2D eigenvalue weighted by atomic mass is 16.1. The maximum atomic E-state index is 13.1. The zero-order valence-corrected chi connectivity index (χ0v) is 17.1. The second kappa shape index (κ2) is 7.84. The molecular formula is C29H18N2O. The van der Waals surface area contributed by atoms with Crippen molar-refractivity contribution in [1.29, 1.82) is 0 Å². The van der Waals surface area contributed by atoms with Gasteiger partial charge in [0, 0.05) is 44.8 Å². The summed E-state index contributed by atoms with van der Waals surface area (Å²) < 4.78 is 0. The van der Waals surface area contributed by atoms with E-state index in [1.807, 2.05) is 84.9 Å². The Hall–Kier alpha value is -4.73. The Bertz CT molecular complexity index is 1370. The normalized spacial score (nSPS) is 10.9. The van der Waals surface area contributed by atoms with Crippen molar-refractivity contribution in [1.82, 2.24) is 0 Å². The van der Waals surface area contributed by atoms with Crippen molar-refractivity contribution in [3.8, 4) is 34.8 Å². The third kappa shape index (κ3) is 3.72. The number of nitrogens with two attached hydrogens (primary N) is 2. The summed E-state index contributed by atoms with van der Waals surface area (Å²) in [5.74, 6) is 12.5. The van der Waals surface area contributed by atoms with Crippen molar-refractivity contribution in [2.45, 2.75) is 0 Å². The summed E-state index contributed by atoms with van der Waals surface area (Å²) in [6, 6.07) is 26.3. The number of fused-ring (bicyclic) bond motifs is 3. The van der Waals surface area contributed by atoms with Crippen molar-refractivity contribution < 1.29 is 4.79 Å². The summed E-state index contributed by atoms with van der Waals surface area (Å²) in [5.41, 5.74) is 19.4. The lowest BCUT2D eigenvalue weighted by atomic mass is 10.0. The molecule has 0 aliphatic heterocycles. The maximum absolute atomic E-state index is 13.1. The van der Waals surface area contributed by atoms with Gasteiger partial charge in [-0.1, -0.05) is 35.8 Å². The van der Waals surface area contributed by atoms with E-state index < -0.39 is 0 Å². The van der Waals surface area contributed by atoms with Crippen molar-refractivity contribution in [3.05, 3.63) is 118 Å². The lowest BCUT2D eigenvalue weighted by molar-refractivity contribution is 0.104. The Balaban J connectivity index is 1.43. The fraction of sp³-hybridized carbons (Fsp3) is 0. The first-order valence-electron chi connectivity index (χ1n) is 10.2. The van der Waals surface area contributed by atoms with Crippen molar-refractivity contribution in [3.63, 3.8) is 0 Å². The highest BCUT2D eigenvalue weighted by molar-refractivity contribution is 6.22. The molecule has 0 amide bonds. The Kier molecular flexibility index (Phi) is 4.71. The first-order valence-corrected chi connectivity index (χ1v) is 10.2. The third-order valence-electron chi connectivity index (χ3n) is 5.34. The van der Waals surface area contributed by atoms with Gasteiger partial charge in [0.1, 0.15) is 0 Å². The van der Waals surface area contributed by atoms with Gasteiger partial charge in [0.2, 0.25) is 0 Å². The summed E-state index contributed by atoms with van der Waals surface area (Å²) in [6.45, 7) is 0. The predicted molar refractivity (Wildman–Crippen MR) is 129 cm³/mol. The second-order valence-corrected chi connectivity index (χ2v) is 7.59. The number of ketones is 1. The quantitative estimate of drug-likeness (QED) is 0.283. The molecule has 0 unspecified atom stereocenters. The number of nitrogen functional groups attached to an aromatic ring is 2. The van der Waals surface area contributed by atoms with Crippen LogP contribution in [0.3, 0.4) is 0 Å². The molecular weight excluding hydrogens is 392 g/mol. The van der Waals surface area contributed by atoms with E-state index >= 15 is 0 Å². The molecule has 0 fully saturated rings. The standard InChI is InChI=1S/C29H18N2O/c30-23-11-5-19(6-12-23)1-3-21-9-15-25-26-16-10-22(18-28(26)29(32)27(25)17-21)4-2-20-7-13-24(31)14-8-20/h5-18H,30-31H2. The maximum Gasteiger partial charge on any atom is 0.194 e. The Morgan fingerprint density at radius 3 is 1.19 bits per heavy atom. The summed E-state index contributed by atoms with van der Waals surface area (Å²) in [7, 11) is 0. The zero-order valence-electron chi connectivity index (χ0n) is 17.1. The molecule has 0 bridgehead atoms. The molecule has 0 radical (unpaired) electrons. The van der Waals surface area contributed by atoms with Crippen LogP contribution >= 0.6 is 0 Å². The third-order valence-corrected chi connectivity index (χ3v) is 5.34. The first kappa shape index (κ1) is 19.2. The minimum absolute atomic E-state index is 0.00210. The molecule has 0 aromatic heterocycles. The van der Waals surface area contributed by atoms with Gasteiger partial charge >= 0.3 is 0 Å². The molecule has 3 nitrogen and oxygen atoms in total. The van der Waals surface area contributed by atoms with Crippen LogP contribution in [-0.4, -0.2) is 5.78 Å². The minimum Gasteiger partial charge on any atom is -0.399 e. The van der Waals surface area contributed by atoms with Crippen molar-refractivity contribution in [2.24, 2.45) is 0 Å². The Morgan fingerprint density at radius 2 is 0.781 bits per heavy atom.